The van der Waals surface area contributed by atoms with Gasteiger partial charge in [-0.25, -0.2) is 4.79 Å². The highest BCUT2D eigenvalue weighted by atomic mass is 16.5. The van der Waals surface area contributed by atoms with Crippen molar-refractivity contribution in [1.29, 1.82) is 0 Å². The van der Waals surface area contributed by atoms with E-state index in [-0.39, 0.29) is 67.9 Å². The van der Waals surface area contributed by atoms with E-state index in [2.05, 4.69) is 38.0 Å². The number of carbonyl (C=O) groups is 7. The summed E-state index contributed by atoms with van der Waals surface area (Å²) in [4.78, 5) is 102. The zero-order valence-corrected chi connectivity index (χ0v) is 43.4. The van der Waals surface area contributed by atoms with Crippen molar-refractivity contribution in [1.82, 2.24) is 41.7 Å². The summed E-state index contributed by atoms with van der Waals surface area (Å²) in [7, 11) is 4.59. The predicted molar refractivity (Wildman–Crippen MR) is 272 cm³/mol. The van der Waals surface area contributed by atoms with Gasteiger partial charge in [0, 0.05) is 31.8 Å². The molecule has 2 aliphatic heterocycles. The van der Waals surface area contributed by atoms with Gasteiger partial charge in [0.15, 0.2) is 0 Å². The number of ether oxygens (including phenoxy) is 1. The molecule has 9 atom stereocenters. The molecule has 3 aliphatic rings. The van der Waals surface area contributed by atoms with Crippen LogP contribution in [0.2, 0.25) is 0 Å². The molecule has 0 bridgehead atoms. The van der Waals surface area contributed by atoms with Crippen molar-refractivity contribution in [2.24, 2.45) is 10.8 Å². The topological polar surface area (TPSA) is 207 Å². The molecule has 16 heteroatoms. The molecule has 6 amide bonds. The molecule has 6 N–H and O–H groups in total. The van der Waals surface area contributed by atoms with Crippen LogP contribution in [0.25, 0.3) is 0 Å². The van der Waals surface area contributed by atoms with Crippen LogP contribution in [-0.2, 0) is 64.1 Å². The number of nitrogens with one attached hydrogen (secondary N) is 6. The van der Waals surface area contributed by atoms with E-state index < -0.39 is 70.9 Å². The summed E-state index contributed by atoms with van der Waals surface area (Å²) < 4.78 is 5.13. The average molecular weight is 977 g/mol. The van der Waals surface area contributed by atoms with Gasteiger partial charge in [-0.3, -0.25) is 28.8 Å². The van der Waals surface area contributed by atoms with Crippen LogP contribution in [0.15, 0.2) is 72.8 Å². The van der Waals surface area contributed by atoms with Crippen molar-refractivity contribution < 1.29 is 38.3 Å². The fourth-order valence-electron chi connectivity index (χ4n) is 9.94. The molecule has 1 fully saturated rings. The summed E-state index contributed by atoms with van der Waals surface area (Å²) in [5, 5.41) is 18.0. The van der Waals surface area contributed by atoms with Crippen molar-refractivity contribution in [3.63, 3.8) is 0 Å². The van der Waals surface area contributed by atoms with Crippen LogP contribution < -0.4 is 31.9 Å². The zero-order valence-electron chi connectivity index (χ0n) is 43.4. The number of benzene rings is 3. The highest BCUT2D eigenvalue weighted by Gasteiger charge is 2.47. The van der Waals surface area contributed by atoms with Crippen LogP contribution in [0.3, 0.4) is 0 Å². The van der Waals surface area contributed by atoms with Gasteiger partial charge >= 0.3 is 5.97 Å². The minimum Gasteiger partial charge on any atom is -0.467 e. The number of esters is 1. The van der Waals surface area contributed by atoms with Crippen molar-refractivity contribution >= 4 is 41.4 Å². The lowest BCUT2D eigenvalue weighted by Gasteiger charge is -2.42. The first-order chi connectivity index (χ1) is 33.6. The highest BCUT2D eigenvalue weighted by Crippen LogP contribution is 2.38. The molecule has 16 nitrogen and oxygen atoms in total. The summed E-state index contributed by atoms with van der Waals surface area (Å²) in [6, 6.07) is 16.9. The minimum absolute atomic E-state index is 0.0622. The Balaban J connectivity index is 1.36. The first-order valence-corrected chi connectivity index (χ1v) is 25.0. The normalized spacial score (nSPS) is 21.0. The molecule has 71 heavy (non-hydrogen) atoms. The molecule has 1 aliphatic carbocycles. The van der Waals surface area contributed by atoms with Gasteiger partial charge in [-0.05, 0) is 97.8 Å². The Morgan fingerprint density at radius 1 is 0.690 bits per heavy atom. The molecule has 0 aromatic heterocycles. The van der Waals surface area contributed by atoms with Crippen molar-refractivity contribution in [3.05, 3.63) is 106 Å². The van der Waals surface area contributed by atoms with E-state index in [9.17, 15) is 28.8 Å². The molecule has 384 valence electrons. The van der Waals surface area contributed by atoms with Crippen molar-refractivity contribution in [2.45, 2.75) is 155 Å². The maximum atomic E-state index is 15.1. The Morgan fingerprint density at radius 3 is 1.87 bits per heavy atom. The number of likely N-dealkylation sites (N-methyl/N-ethyl adjacent to an activating group) is 2. The fourth-order valence-corrected chi connectivity index (χ4v) is 9.94. The molecule has 0 spiro atoms. The van der Waals surface area contributed by atoms with E-state index >= 15 is 4.79 Å². The van der Waals surface area contributed by atoms with Crippen LogP contribution in [0.4, 0.5) is 0 Å². The lowest BCUT2D eigenvalue weighted by molar-refractivity contribution is -0.147. The standard InChI is InChI=1S/C55H76N8O8/c1-32(56-9)47(64)60-45(54(3,4)5)51(68)62-30-38-27-36(24-25-37(38)28-43(62)49(66)58-41-23-17-21-35-20-15-16-22-40(35)41)39-29-44(50(67)59-42(53(70)71-11)26-34-18-13-12-14-19-34)63(31-39)52(69)46(55(6,7)8)61-48(65)33(2)57-10/h12-16,18-20,22,24-25,27,32-33,39,41-46,56-57H,17,21,23,26,28-31H2,1-11H3,(H,58,66)(H,59,67)(H,60,64)(H,61,65)/t32-,33-,39-,41+,42-,43-,44-,45+,46+/m0/s1. The maximum absolute atomic E-state index is 15.1. The quantitative estimate of drug-likeness (QED) is 0.114. The highest BCUT2D eigenvalue weighted by molar-refractivity contribution is 5.96. The van der Waals surface area contributed by atoms with Gasteiger partial charge in [0.1, 0.15) is 30.2 Å². The number of hydrogen-bond donors (Lipinski definition) is 6. The van der Waals surface area contributed by atoms with E-state index in [1.165, 1.54) is 17.6 Å². The number of rotatable bonds is 16. The predicted octanol–water partition coefficient (Wildman–Crippen LogP) is 4.00. The summed E-state index contributed by atoms with van der Waals surface area (Å²) in [5.41, 5.74) is 4.05. The third kappa shape index (κ3) is 12.9. The van der Waals surface area contributed by atoms with Crippen LogP contribution in [0.1, 0.15) is 120 Å². The summed E-state index contributed by atoms with van der Waals surface area (Å²) in [5.74, 6) is -3.39. The average Bonchev–Trinajstić information content (AvgIpc) is 3.81. The Kier molecular flexibility index (Phi) is 17.5. The SMILES string of the molecule is CN[C@@H](C)C(=O)N[C@H](C(=O)N1C[C@@H](c2ccc3c(c2)CN(C(=O)[C@@H](NC(=O)[C@H](C)NC)C(C)(C)C)[C@H](C(=O)N[C@@H]2CCCc4ccccc42)C3)C[C@H]1C(=O)N[C@@H](Cc1ccccc1)C(=O)OC)C(C)(C)C. The molecule has 3 aromatic carbocycles. The van der Waals surface area contributed by atoms with E-state index in [4.69, 9.17) is 4.74 Å². The number of fused-ring (bicyclic) bond motifs is 2. The lowest BCUT2D eigenvalue weighted by atomic mass is 9.83. The monoisotopic (exact) mass is 977 g/mol. The smallest absolute Gasteiger partial charge is 0.328 e. The Morgan fingerprint density at radius 2 is 1.28 bits per heavy atom. The van der Waals surface area contributed by atoms with Gasteiger partial charge in [0.25, 0.3) is 0 Å². The Labute approximate surface area is 419 Å². The van der Waals surface area contributed by atoms with Crippen LogP contribution in [-0.4, -0.2) is 121 Å². The first-order valence-electron chi connectivity index (χ1n) is 25.0. The van der Waals surface area contributed by atoms with Crippen LogP contribution in [0, 0.1) is 10.8 Å². The minimum atomic E-state index is -1.05. The second-order valence-corrected chi connectivity index (χ2v) is 21.7. The summed E-state index contributed by atoms with van der Waals surface area (Å²) in [6.45, 7) is 14.8. The Bertz CT molecular complexity index is 2430. The molecule has 2 heterocycles. The number of hydrogen-bond acceptors (Lipinski definition) is 10. The van der Waals surface area contributed by atoms with Crippen molar-refractivity contribution in [3.8, 4) is 0 Å². The largest absolute Gasteiger partial charge is 0.467 e. The molecule has 1 saturated heterocycles. The number of amides is 6. The third-order valence-corrected chi connectivity index (χ3v) is 14.5. The van der Waals surface area contributed by atoms with Gasteiger partial charge in [-0.2, -0.15) is 0 Å². The Hall–Kier alpha value is -6.13. The molecule has 6 rings (SSSR count). The van der Waals surface area contributed by atoms with Gasteiger partial charge in [-0.15, -0.1) is 0 Å². The second-order valence-electron chi connectivity index (χ2n) is 21.7. The summed E-state index contributed by atoms with van der Waals surface area (Å²) in [6.07, 6.45) is 3.16. The molecular weight excluding hydrogens is 901 g/mol. The number of nitrogens with zero attached hydrogens (tertiary/aromatic N) is 2. The van der Waals surface area contributed by atoms with E-state index in [1.807, 2.05) is 108 Å². The molecular formula is C55H76N8O8. The van der Waals surface area contributed by atoms with Gasteiger partial charge in [-0.1, -0.05) is 114 Å². The van der Waals surface area contributed by atoms with E-state index in [0.717, 1.165) is 47.1 Å². The molecule has 3 aromatic rings. The van der Waals surface area contributed by atoms with Gasteiger partial charge in [0.2, 0.25) is 35.4 Å². The van der Waals surface area contributed by atoms with E-state index in [0.29, 0.717) is 0 Å². The fraction of sp³-hybridized carbons (Fsp3) is 0.545. The molecule has 0 radical (unpaired) electrons. The second kappa shape index (κ2) is 23.0. The van der Waals surface area contributed by atoms with Crippen LogP contribution in [0.5, 0.6) is 0 Å². The number of likely N-dealkylation sites (tertiary alicyclic amines) is 1. The van der Waals surface area contributed by atoms with E-state index in [1.54, 1.807) is 32.8 Å². The van der Waals surface area contributed by atoms with Gasteiger partial charge < -0.3 is 46.4 Å². The number of aryl methyl sites for hydroxylation is 1. The third-order valence-electron chi connectivity index (χ3n) is 14.5. The van der Waals surface area contributed by atoms with Crippen molar-refractivity contribution in [2.75, 3.05) is 27.7 Å². The lowest BCUT2D eigenvalue weighted by Crippen LogP contribution is -2.62. The zero-order chi connectivity index (χ0) is 51.9. The van der Waals surface area contributed by atoms with Crippen LogP contribution >= 0.6 is 0 Å². The number of methoxy groups -OCH3 is 1. The van der Waals surface area contributed by atoms with Gasteiger partial charge in [0.05, 0.1) is 25.2 Å². The maximum Gasteiger partial charge on any atom is 0.328 e. The summed E-state index contributed by atoms with van der Waals surface area (Å²) >= 11 is 0. The number of carbonyl (C=O) groups excluding carboxylic acids is 7. The molecule has 0 saturated carbocycles. The molecule has 0 unspecified atom stereocenters. The first kappa shape index (κ1) is 54.2.